The second kappa shape index (κ2) is 9.21. The fraction of sp³-hybridized carbons (Fsp3) is 0.190. The highest BCUT2D eigenvalue weighted by atomic mass is 32.1. The fourth-order valence-corrected chi connectivity index (χ4v) is 4.28. The molecule has 0 aliphatic heterocycles. The Balaban J connectivity index is 1.35. The minimum Gasteiger partial charge on any atom is -0.426 e. The molecule has 0 bridgehead atoms. The van der Waals surface area contributed by atoms with Crippen LogP contribution in [0.1, 0.15) is 12.0 Å². The molecule has 152 valence electrons. The number of amides is 1. The van der Waals surface area contributed by atoms with E-state index in [9.17, 15) is 14.8 Å². The van der Waals surface area contributed by atoms with E-state index in [1.165, 1.54) is 0 Å². The summed E-state index contributed by atoms with van der Waals surface area (Å²) in [6, 6.07) is 17.6. The lowest BCUT2D eigenvalue weighted by Crippen LogP contribution is -2.48. The molecule has 0 radical (unpaired) electrons. The van der Waals surface area contributed by atoms with Crippen molar-refractivity contribution in [3.63, 3.8) is 0 Å². The van der Waals surface area contributed by atoms with Gasteiger partial charge in [-0.3, -0.25) is 9.48 Å². The van der Waals surface area contributed by atoms with Crippen molar-refractivity contribution >= 4 is 34.4 Å². The average Bonchev–Trinajstić information content (AvgIpc) is 3.40. The SMILES string of the molecule is O=C(CCn1cc(-c2ccccc2)nn1)NC(Cc1csc2ccccc12)B(O)O. The molecule has 2 aromatic carbocycles. The summed E-state index contributed by atoms with van der Waals surface area (Å²) in [5.41, 5.74) is 2.68. The van der Waals surface area contributed by atoms with Crippen LogP contribution in [0.5, 0.6) is 0 Å². The molecular weight excluding hydrogens is 399 g/mol. The summed E-state index contributed by atoms with van der Waals surface area (Å²) < 4.78 is 2.74. The summed E-state index contributed by atoms with van der Waals surface area (Å²) in [5.74, 6) is -1.06. The molecule has 2 heterocycles. The molecule has 1 atom stereocenters. The molecule has 1 unspecified atom stereocenters. The van der Waals surface area contributed by atoms with Gasteiger partial charge in [-0.05, 0) is 28.8 Å². The first kappa shape index (κ1) is 20.3. The molecule has 0 aliphatic carbocycles. The quantitative estimate of drug-likeness (QED) is 0.380. The van der Waals surface area contributed by atoms with Crippen LogP contribution in [0, 0.1) is 0 Å². The maximum Gasteiger partial charge on any atom is 0.475 e. The highest BCUT2D eigenvalue weighted by molar-refractivity contribution is 7.17. The highest BCUT2D eigenvalue weighted by Gasteiger charge is 2.26. The Bertz CT molecular complexity index is 1130. The van der Waals surface area contributed by atoms with Crippen LogP contribution in [0.4, 0.5) is 0 Å². The number of rotatable bonds is 8. The van der Waals surface area contributed by atoms with Crippen molar-refractivity contribution < 1.29 is 14.8 Å². The number of aromatic nitrogens is 3. The summed E-state index contributed by atoms with van der Waals surface area (Å²) in [6.07, 6.45) is 2.29. The van der Waals surface area contributed by atoms with E-state index in [0.29, 0.717) is 13.0 Å². The van der Waals surface area contributed by atoms with Crippen LogP contribution in [0.3, 0.4) is 0 Å². The topological polar surface area (TPSA) is 100 Å². The Kier molecular flexibility index (Phi) is 6.22. The van der Waals surface area contributed by atoms with E-state index in [2.05, 4.69) is 15.6 Å². The number of nitrogens with one attached hydrogen (secondary N) is 1. The molecule has 0 aliphatic rings. The zero-order chi connectivity index (χ0) is 20.9. The van der Waals surface area contributed by atoms with Gasteiger partial charge in [-0.1, -0.05) is 53.7 Å². The summed E-state index contributed by atoms with van der Waals surface area (Å²) in [6.45, 7) is 0.349. The average molecular weight is 420 g/mol. The monoisotopic (exact) mass is 420 g/mol. The van der Waals surface area contributed by atoms with E-state index in [4.69, 9.17) is 0 Å². The molecule has 0 spiro atoms. The van der Waals surface area contributed by atoms with Gasteiger partial charge in [0, 0.05) is 16.7 Å². The van der Waals surface area contributed by atoms with Gasteiger partial charge in [0.05, 0.1) is 18.7 Å². The molecule has 4 aromatic rings. The van der Waals surface area contributed by atoms with Crippen molar-refractivity contribution in [1.29, 1.82) is 0 Å². The Hall–Kier alpha value is -3.01. The molecule has 3 N–H and O–H groups in total. The molecule has 4 rings (SSSR count). The Morgan fingerprint density at radius 1 is 1.13 bits per heavy atom. The van der Waals surface area contributed by atoms with Crippen LogP contribution >= 0.6 is 11.3 Å². The van der Waals surface area contributed by atoms with Crippen LogP contribution in [0.2, 0.25) is 0 Å². The van der Waals surface area contributed by atoms with E-state index in [-0.39, 0.29) is 12.3 Å². The van der Waals surface area contributed by atoms with Gasteiger partial charge in [-0.15, -0.1) is 16.4 Å². The molecule has 7 nitrogen and oxygen atoms in total. The standard InChI is InChI=1S/C21H21BN4O3S/c27-21(10-11-26-13-18(24-25-26)15-6-2-1-3-7-15)23-20(22(28)29)12-16-14-30-19-9-5-4-8-17(16)19/h1-9,13-14,20,28-29H,10-12H2,(H,23,27). The normalized spacial score (nSPS) is 12.1. The third-order valence-electron chi connectivity index (χ3n) is 4.88. The lowest BCUT2D eigenvalue weighted by molar-refractivity contribution is -0.121. The highest BCUT2D eigenvalue weighted by Crippen LogP contribution is 2.26. The van der Waals surface area contributed by atoms with Crippen molar-refractivity contribution in [3.8, 4) is 11.3 Å². The number of nitrogens with zero attached hydrogens (tertiary/aromatic N) is 3. The number of carbonyl (C=O) groups excluding carboxylic acids is 1. The maximum absolute atomic E-state index is 12.4. The first-order valence-corrected chi connectivity index (χ1v) is 10.5. The largest absolute Gasteiger partial charge is 0.475 e. The Morgan fingerprint density at radius 3 is 2.70 bits per heavy atom. The van der Waals surface area contributed by atoms with Crippen LogP contribution < -0.4 is 5.32 Å². The van der Waals surface area contributed by atoms with E-state index in [1.54, 1.807) is 22.2 Å². The van der Waals surface area contributed by atoms with Crippen LogP contribution in [-0.4, -0.2) is 44.0 Å². The van der Waals surface area contributed by atoms with Gasteiger partial charge in [-0.25, -0.2) is 0 Å². The van der Waals surface area contributed by atoms with Gasteiger partial charge < -0.3 is 15.4 Å². The summed E-state index contributed by atoms with van der Waals surface area (Å²) in [7, 11) is -1.65. The molecule has 30 heavy (non-hydrogen) atoms. The third-order valence-corrected chi connectivity index (χ3v) is 5.90. The number of aryl methyl sites for hydroxylation is 1. The van der Waals surface area contributed by atoms with Gasteiger partial charge in [0.2, 0.25) is 5.91 Å². The third kappa shape index (κ3) is 4.76. The van der Waals surface area contributed by atoms with E-state index in [0.717, 1.165) is 26.9 Å². The number of hydrogen-bond donors (Lipinski definition) is 3. The predicted octanol–water partition coefficient (Wildman–Crippen LogP) is 2.29. The molecule has 2 aromatic heterocycles. The summed E-state index contributed by atoms with van der Waals surface area (Å²) >= 11 is 1.60. The molecule has 1 amide bonds. The lowest BCUT2D eigenvalue weighted by Gasteiger charge is -2.17. The maximum atomic E-state index is 12.4. The molecule has 0 fully saturated rings. The summed E-state index contributed by atoms with van der Waals surface area (Å²) in [5, 5.41) is 33.5. The van der Waals surface area contributed by atoms with Crippen molar-refractivity contribution in [2.45, 2.75) is 25.3 Å². The first-order chi connectivity index (χ1) is 14.6. The summed E-state index contributed by atoms with van der Waals surface area (Å²) in [4.78, 5) is 12.4. The second-order valence-corrected chi connectivity index (χ2v) is 7.94. The smallest absolute Gasteiger partial charge is 0.426 e. The van der Waals surface area contributed by atoms with Crippen molar-refractivity contribution in [1.82, 2.24) is 20.3 Å². The fourth-order valence-electron chi connectivity index (χ4n) is 3.30. The molecule has 0 saturated heterocycles. The number of benzene rings is 2. The molecular formula is C21H21BN4O3S. The predicted molar refractivity (Wildman–Crippen MR) is 118 cm³/mol. The van der Waals surface area contributed by atoms with Gasteiger partial charge in [0.1, 0.15) is 5.69 Å². The lowest BCUT2D eigenvalue weighted by atomic mass is 9.76. The molecule has 9 heteroatoms. The minimum absolute atomic E-state index is 0.158. The van der Waals surface area contributed by atoms with Crippen LogP contribution in [0.25, 0.3) is 21.3 Å². The van der Waals surface area contributed by atoms with E-state index >= 15 is 0 Å². The van der Waals surface area contributed by atoms with Gasteiger partial charge in [-0.2, -0.15) is 0 Å². The molecule has 0 saturated carbocycles. The van der Waals surface area contributed by atoms with Gasteiger partial charge in [0.25, 0.3) is 0 Å². The van der Waals surface area contributed by atoms with Crippen molar-refractivity contribution in [2.75, 3.05) is 0 Å². The number of carbonyl (C=O) groups is 1. The second-order valence-electron chi connectivity index (χ2n) is 7.03. The van der Waals surface area contributed by atoms with Crippen molar-refractivity contribution in [3.05, 3.63) is 71.7 Å². The zero-order valence-corrected chi connectivity index (χ0v) is 17.0. The first-order valence-electron chi connectivity index (χ1n) is 9.66. The number of thiophene rings is 1. The van der Waals surface area contributed by atoms with Crippen LogP contribution in [-0.2, 0) is 17.8 Å². The zero-order valence-electron chi connectivity index (χ0n) is 16.2. The van der Waals surface area contributed by atoms with E-state index in [1.807, 2.05) is 60.0 Å². The van der Waals surface area contributed by atoms with E-state index < -0.39 is 13.1 Å². The minimum atomic E-state index is -1.65. The van der Waals surface area contributed by atoms with Crippen molar-refractivity contribution in [2.24, 2.45) is 0 Å². The Labute approximate surface area is 178 Å². The van der Waals surface area contributed by atoms with Gasteiger partial charge in [0.15, 0.2) is 0 Å². The number of hydrogen-bond acceptors (Lipinski definition) is 6. The van der Waals surface area contributed by atoms with Crippen LogP contribution in [0.15, 0.2) is 66.2 Å². The van der Waals surface area contributed by atoms with Gasteiger partial charge >= 0.3 is 7.12 Å². The Morgan fingerprint density at radius 2 is 1.90 bits per heavy atom. The number of fused-ring (bicyclic) bond motifs is 1.